The highest BCUT2D eigenvalue weighted by molar-refractivity contribution is 6.37. The van der Waals surface area contributed by atoms with Gasteiger partial charge in [0.1, 0.15) is 11.4 Å². The summed E-state index contributed by atoms with van der Waals surface area (Å²) < 4.78 is 23.6. The number of methoxy groups -OCH3 is 1. The van der Waals surface area contributed by atoms with E-state index < -0.39 is 5.91 Å². The van der Waals surface area contributed by atoms with Gasteiger partial charge in [0, 0.05) is 5.56 Å². The lowest BCUT2D eigenvalue weighted by atomic mass is 10.2. The highest BCUT2D eigenvalue weighted by atomic mass is 35.5. The monoisotopic (exact) mass is 395 g/mol. The molecule has 1 amide bonds. The quantitative estimate of drug-likeness (QED) is 0.702. The van der Waals surface area contributed by atoms with Gasteiger partial charge >= 0.3 is 0 Å². The number of benzene rings is 2. The average Bonchev–Trinajstić information content (AvgIpc) is 3.11. The zero-order valence-electron chi connectivity index (χ0n) is 13.4. The van der Waals surface area contributed by atoms with Crippen LogP contribution >= 0.6 is 23.2 Å². The Balaban J connectivity index is 1.73. The van der Waals surface area contributed by atoms with E-state index in [0.29, 0.717) is 5.56 Å². The summed E-state index contributed by atoms with van der Waals surface area (Å²) in [7, 11) is 1.39. The molecule has 134 valence electrons. The van der Waals surface area contributed by atoms with Crippen molar-refractivity contribution in [2.75, 3.05) is 7.11 Å². The normalized spacial score (nSPS) is 10.6. The Kier molecular flexibility index (Phi) is 5.39. The van der Waals surface area contributed by atoms with E-state index in [2.05, 4.69) is 15.5 Å². The van der Waals surface area contributed by atoms with Crippen molar-refractivity contribution in [3.63, 3.8) is 0 Å². The Morgan fingerprint density at radius 3 is 2.54 bits per heavy atom. The Hall–Kier alpha value is -2.64. The lowest BCUT2D eigenvalue weighted by Gasteiger charge is -2.11. The standard InChI is InChI=1S/C17H12Cl2FN3O3/c1-25-15-12(19)7-6-11(18)14(15)16(24)21-8-13-22-23-17(26-13)9-2-4-10(20)5-3-9/h2-7H,8H2,1H3,(H,21,24). The van der Waals surface area contributed by atoms with E-state index in [9.17, 15) is 9.18 Å². The third-order valence-corrected chi connectivity index (χ3v) is 4.06. The molecule has 1 aromatic heterocycles. The molecule has 0 fully saturated rings. The SMILES string of the molecule is COc1c(Cl)ccc(Cl)c1C(=O)NCc1nnc(-c2ccc(F)cc2)o1. The maximum absolute atomic E-state index is 13.0. The molecule has 3 aromatic rings. The molecule has 1 heterocycles. The zero-order chi connectivity index (χ0) is 18.7. The summed E-state index contributed by atoms with van der Waals surface area (Å²) in [6.07, 6.45) is 0. The second-order valence-corrected chi connectivity index (χ2v) is 5.94. The molecule has 0 aliphatic rings. The molecule has 0 atom stereocenters. The van der Waals surface area contributed by atoms with E-state index in [4.69, 9.17) is 32.4 Å². The third kappa shape index (κ3) is 3.79. The molecule has 26 heavy (non-hydrogen) atoms. The minimum Gasteiger partial charge on any atom is -0.494 e. The number of nitrogens with zero attached hydrogens (tertiary/aromatic N) is 2. The molecular weight excluding hydrogens is 384 g/mol. The van der Waals surface area contributed by atoms with E-state index in [1.54, 1.807) is 0 Å². The summed E-state index contributed by atoms with van der Waals surface area (Å²) in [6.45, 7) is -0.0287. The number of carbonyl (C=O) groups excluding carboxylic acids is 1. The number of aromatic nitrogens is 2. The molecule has 0 aliphatic carbocycles. The van der Waals surface area contributed by atoms with Crippen LogP contribution in [0.1, 0.15) is 16.2 Å². The summed E-state index contributed by atoms with van der Waals surface area (Å²) >= 11 is 12.1. The molecule has 0 unspecified atom stereocenters. The predicted octanol–water partition coefficient (Wildman–Crippen LogP) is 4.12. The Bertz CT molecular complexity index is 945. The first-order valence-electron chi connectivity index (χ1n) is 7.38. The molecule has 3 rings (SSSR count). The van der Waals surface area contributed by atoms with E-state index in [1.165, 1.54) is 43.5 Å². The summed E-state index contributed by atoms with van der Waals surface area (Å²) in [5.74, 6) is -0.305. The van der Waals surface area contributed by atoms with Gasteiger partial charge in [0.2, 0.25) is 11.8 Å². The molecule has 0 saturated heterocycles. The van der Waals surface area contributed by atoms with Crippen LogP contribution in [-0.4, -0.2) is 23.2 Å². The third-order valence-electron chi connectivity index (χ3n) is 3.45. The van der Waals surface area contributed by atoms with Gasteiger partial charge in [0.25, 0.3) is 5.91 Å². The van der Waals surface area contributed by atoms with Crippen LogP contribution in [0.5, 0.6) is 5.75 Å². The van der Waals surface area contributed by atoms with Crippen LogP contribution < -0.4 is 10.1 Å². The molecule has 2 aromatic carbocycles. The highest BCUT2D eigenvalue weighted by Gasteiger charge is 2.20. The van der Waals surface area contributed by atoms with Crippen LogP contribution in [-0.2, 0) is 6.54 Å². The highest BCUT2D eigenvalue weighted by Crippen LogP contribution is 2.33. The summed E-state index contributed by atoms with van der Waals surface area (Å²) in [6, 6.07) is 8.64. The topological polar surface area (TPSA) is 77.2 Å². The minimum absolute atomic E-state index is 0.0287. The number of hydrogen-bond donors (Lipinski definition) is 1. The number of halogens is 3. The molecule has 0 saturated carbocycles. The van der Waals surface area contributed by atoms with Crippen molar-refractivity contribution in [2.45, 2.75) is 6.54 Å². The fourth-order valence-electron chi connectivity index (χ4n) is 2.22. The van der Waals surface area contributed by atoms with Crippen molar-refractivity contribution in [1.29, 1.82) is 0 Å². The van der Waals surface area contributed by atoms with Gasteiger partial charge in [-0.2, -0.15) is 0 Å². The fourth-order valence-corrected chi connectivity index (χ4v) is 2.69. The number of hydrogen-bond acceptors (Lipinski definition) is 5. The molecule has 1 N–H and O–H groups in total. The van der Waals surface area contributed by atoms with Gasteiger partial charge in [-0.15, -0.1) is 10.2 Å². The van der Waals surface area contributed by atoms with Crippen molar-refractivity contribution < 1.29 is 18.3 Å². The molecule has 0 radical (unpaired) electrons. The minimum atomic E-state index is -0.504. The van der Waals surface area contributed by atoms with Crippen molar-refractivity contribution >= 4 is 29.1 Å². The second kappa shape index (κ2) is 7.72. The van der Waals surface area contributed by atoms with Crippen molar-refractivity contribution in [2.24, 2.45) is 0 Å². The molecular formula is C17H12Cl2FN3O3. The Labute approximate surface area is 157 Å². The van der Waals surface area contributed by atoms with Crippen LogP contribution in [0, 0.1) is 5.82 Å². The maximum atomic E-state index is 13.0. The lowest BCUT2D eigenvalue weighted by molar-refractivity contribution is 0.0944. The van der Waals surface area contributed by atoms with Crippen molar-refractivity contribution in [3.8, 4) is 17.2 Å². The molecule has 9 heteroatoms. The van der Waals surface area contributed by atoms with Crippen LogP contribution in [0.3, 0.4) is 0 Å². The summed E-state index contributed by atoms with van der Waals surface area (Å²) in [5, 5.41) is 10.8. The average molecular weight is 396 g/mol. The predicted molar refractivity (Wildman–Crippen MR) is 93.9 cm³/mol. The number of amides is 1. The second-order valence-electron chi connectivity index (χ2n) is 5.13. The van der Waals surface area contributed by atoms with Gasteiger partial charge in [-0.25, -0.2) is 4.39 Å². The van der Waals surface area contributed by atoms with E-state index in [-0.39, 0.29) is 45.5 Å². The van der Waals surface area contributed by atoms with Gasteiger partial charge in [-0.05, 0) is 36.4 Å². The first-order valence-corrected chi connectivity index (χ1v) is 8.13. The van der Waals surface area contributed by atoms with E-state index >= 15 is 0 Å². The van der Waals surface area contributed by atoms with Crippen LogP contribution in [0.4, 0.5) is 4.39 Å². The van der Waals surface area contributed by atoms with Crippen molar-refractivity contribution in [1.82, 2.24) is 15.5 Å². The first-order chi connectivity index (χ1) is 12.5. The number of ether oxygens (including phenoxy) is 1. The van der Waals surface area contributed by atoms with Crippen molar-refractivity contribution in [3.05, 3.63) is 63.7 Å². The number of rotatable bonds is 5. The summed E-state index contributed by atoms with van der Waals surface area (Å²) in [4.78, 5) is 12.4. The maximum Gasteiger partial charge on any atom is 0.257 e. The van der Waals surface area contributed by atoms with Gasteiger partial charge in [-0.3, -0.25) is 4.79 Å². The first kappa shape index (κ1) is 18.2. The van der Waals surface area contributed by atoms with Crippen LogP contribution in [0.2, 0.25) is 10.0 Å². The lowest BCUT2D eigenvalue weighted by Crippen LogP contribution is -2.24. The van der Waals surface area contributed by atoms with Crippen LogP contribution in [0.15, 0.2) is 40.8 Å². The van der Waals surface area contributed by atoms with Gasteiger partial charge in [0.15, 0.2) is 5.75 Å². The number of carbonyl (C=O) groups is 1. The molecule has 0 spiro atoms. The van der Waals surface area contributed by atoms with Gasteiger partial charge in [0.05, 0.1) is 23.7 Å². The number of nitrogens with one attached hydrogen (secondary N) is 1. The van der Waals surface area contributed by atoms with Gasteiger partial charge < -0.3 is 14.5 Å². The van der Waals surface area contributed by atoms with E-state index in [1.807, 2.05) is 0 Å². The summed E-state index contributed by atoms with van der Waals surface area (Å²) in [5.41, 5.74) is 0.677. The molecule has 0 bridgehead atoms. The van der Waals surface area contributed by atoms with Crippen LogP contribution in [0.25, 0.3) is 11.5 Å². The smallest absolute Gasteiger partial charge is 0.257 e. The fraction of sp³-hybridized carbons (Fsp3) is 0.118. The molecule has 6 nitrogen and oxygen atoms in total. The van der Waals surface area contributed by atoms with E-state index in [0.717, 1.165) is 0 Å². The molecule has 0 aliphatic heterocycles. The zero-order valence-corrected chi connectivity index (χ0v) is 14.9. The van der Waals surface area contributed by atoms with Gasteiger partial charge in [-0.1, -0.05) is 23.2 Å². The Morgan fingerprint density at radius 1 is 1.15 bits per heavy atom. The largest absolute Gasteiger partial charge is 0.494 e. The Morgan fingerprint density at radius 2 is 1.85 bits per heavy atom.